The summed E-state index contributed by atoms with van der Waals surface area (Å²) in [5.74, 6) is 0.635. The highest BCUT2D eigenvalue weighted by Gasteiger charge is 2.13. The highest BCUT2D eigenvalue weighted by molar-refractivity contribution is 9.10. The summed E-state index contributed by atoms with van der Waals surface area (Å²) in [4.78, 5) is 4.59. The second-order valence-corrected chi connectivity index (χ2v) is 5.60. The number of nitrogen functional groups attached to an aromatic ring is 1. The first kappa shape index (κ1) is 12.5. The predicted molar refractivity (Wildman–Crippen MR) is 82.5 cm³/mol. The van der Waals surface area contributed by atoms with Crippen LogP contribution in [-0.4, -0.2) is 9.38 Å². The average molecular weight is 337 g/mol. The van der Waals surface area contributed by atoms with Crippen LogP contribution in [0.2, 0.25) is 5.02 Å². The van der Waals surface area contributed by atoms with Crippen LogP contribution in [-0.2, 0) is 0 Å². The number of benzene rings is 1. The Morgan fingerprint density at radius 1 is 1.16 bits per heavy atom. The lowest BCUT2D eigenvalue weighted by molar-refractivity contribution is 1.09. The average Bonchev–Trinajstić information content (AvgIpc) is 2.73. The molecule has 0 aliphatic rings. The van der Waals surface area contributed by atoms with Gasteiger partial charge in [-0.25, -0.2) is 4.98 Å². The lowest BCUT2D eigenvalue weighted by Crippen LogP contribution is -1.98. The largest absolute Gasteiger partial charge is 0.383 e. The first-order valence-corrected chi connectivity index (χ1v) is 6.94. The molecular formula is C14H11BrClN3. The van der Waals surface area contributed by atoms with Gasteiger partial charge in [0.15, 0.2) is 0 Å². The number of rotatable bonds is 1. The van der Waals surface area contributed by atoms with Gasteiger partial charge in [-0.15, -0.1) is 0 Å². The van der Waals surface area contributed by atoms with Gasteiger partial charge in [-0.05, 0) is 47.1 Å². The van der Waals surface area contributed by atoms with Crippen molar-refractivity contribution in [1.82, 2.24) is 9.38 Å². The van der Waals surface area contributed by atoms with Crippen LogP contribution in [0.25, 0.3) is 16.9 Å². The number of aryl methyl sites for hydroxylation is 1. The third-order valence-electron chi connectivity index (χ3n) is 3.12. The minimum Gasteiger partial charge on any atom is -0.383 e. The summed E-state index contributed by atoms with van der Waals surface area (Å²) >= 11 is 9.40. The van der Waals surface area contributed by atoms with Crippen molar-refractivity contribution in [3.63, 3.8) is 0 Å². The van der Waals surface area contributed by atoms with E-state index in [1.807, 2.05) is 47.7 Å². The molecule has 2 aromatic heterocycles. The van der Waals surface area contributed by atoms with Crippen molar-refractivity contribution in [2.45, 2.75) is 6.92 Å². The van der Waals surface area contributed by atoms with Gasteiger partial charge >= 0.3 is 0 Å². The fraction of sp³-hybridized carbons (Fsp3) is 0.0714. The number of aromatic nitrogens is 2. The van der Waals surface area contributed by atoms with Gasteiger partial charge in [-0.3, -0.25) is 4.40 Å². The summed E-state index contributed by atoms with van der Waals surface area (Å²) in [5, 5.41) is 0.699. The summed E-state index contributed by atoms with van der Waals surface area (Å²) in [5.41, 5.74) is 9.83. The second kappa shape index (κ2) is 4.54. The number of hydrogen-bond donors (Lipinski definition) is 1. The molecule has 0 atom stereocenters. The minimum absolute atomic E-state index is 0.635. The van der Waals surface area contributed by atoms with Crippen molar-refractivity contribution in [1.29, 1.82) is 0 Å². The summed E-state index contributed by atoms with van der Waals surface area (Å²) in [6, 6.07) is 11.4. The zero-order valence-electron chi connectivity index (χ0n) is 10.2. The zero-order chi connectivity index (χ0) is 13.6. The molecule has 3 nitrogen and oxygen atoms in total. The number of anilines is 1. The summed E-state index contributed by atoms with van der Waals surface area (Å²) in [6.45, 7) is 2.00. The molecule has 0 unspecified atom stereocenters. The second-order valence-electron chi connectivity index (χ2n) is 4.31. The highest BCUT2D eigenvalue weighted by Crippen LogP contribution is 2.30. The van der Waals surface area contributed by atoms with Crippen molar-refractivity contribution in [3.05, 3.63) is 51.6 Å². The monoisotopic (exact) mass is 335 g/mol. The van der Waals surface area contributed by atoms with Crippen molar-refractivity contribution < 1.29 is 0 Å². The molecule has 0 bridgehead atoms. The van der Waals surface area contributed by atoms with Crippen LogP contribution in [0.3, 0.4) is 0 Å². The lowest BCUT2D eigenvalue weighted by Gasteiger charge is -2.04. The van der Waals surface area contributed by atoms with Crippen LogP contribution in [0.4, 0.5) is 5.82 Å². The van der Waals surface area contributed by atoms with E-state index in [-0.39, 0.29) is 0 Å². The Labute approximate surface area is 124 Å². The third-order valence-corrected chi connectivity index (χ3v) is 4.21. The van der Waals surface area contributed by atoms with Crippen molar-refractivity contribution >= 4 is 39.0 Å². The van der Waals surface area contributed by atoms with Crippen LogP contribution in [0.1, 0.15) is 5.69 Å². The Morgan fingerprint density at radius 2 is 1.84 bits per heavy atom. The van der Waals surface area contributed by atoms with Gasteiger partial charge in [0.25, 0.3) is 0 Å². The molecule has 0 spiro atoms. The van der Waals surface area contributed by atoms with Crippen molar-refractivity contribution in [3.8, 4) is 11.3 Å². The molecule has 0 aliphatic heterocycles. The number of pyridine rings is 1. The molecule has 3 rings (SSSR count). The summed E-state index contributed by atoms with van der Waals surface area (Å²) < 4.78 is 2.94. The standard InChI is InChI=1S/C14H11BrClN3/c1-8-11(15)6-7-12-18-13(14(17)19(8)12)9-2-4-10(16)5-3-9/h2-7H,17H2,1H3. The first-order chi connectivity index (χ1) is 9.08. The molecule has 1 aromatic carbocycles. The van der Waals surface area contributed by atoms with E-state index in [0.29, 0.717) is 10.8 Å². The fourth-order valence-electron chi connectivity index (χ4n) is 2.11. The molecular weight excluding hydrogens is 326 g/mol. The number of halogens is 2. The van der Waals surface area contributed by atoms with Gasteiger partial charge in [0, 0.05) is 20.8 Å². The Kier molecular flexibility index (Phi) is 2.99. The summed E-state index contributed by atoms with van der Waals surface area (Å²) in [7, 11) is 0. The van der Waals surface area contributed by atoms with E-state index in [2.05, 4.69) is 20.9 Å². The molecule has 19 heavy (non-hydrogen) atoms. The van der Waals surface area contributed by atoms with Crippen LogP contribution in [0.5, 0.6) is 0 Å². The van der Waals surface area contributed by atoms with E-state index < -0.39 is 0 Å². The number of imidazole rings is 1. The van der Waals surface area contributed by atoms with E-state index in [1.54, 1.807) is 0 Å². The fourth-order valence-corrected chi connectivity index (χ4v) is 2.55. The van der Waals surface area contributed by atoms with Crippen LogP contribution >= 0.6 is 27.5 Å². The number of fused-ring (bicyclic) bond motifs is 1. The smallest absolute Gasteiger partial charge is 0.139 e. The molecule has 5 heteroatoms. The SMILES string of the molecule is Cc1c(Br)ccc2nc(-c3ccc(Cl)cc3)c(N)n12. The molecule has 0 aliphatic carbocycles. The first-order valence-electron chi connectivity index (χ1n) is 5.77. The Morgan fingerprint density at radius 3 is 2.53 bits per heavy atom. The van der Waals surface area contributed by atoms with Crippen LogP contribution in [0.15, 0.2) is 40.9 Å². The Bertz CT molecular complexity index is 762. The molecule has 0 saturated heterocycles. The van der Waals surface area contributed by atoms with Gasteiger partial charge in [0.2, 0.25) is 0 Å². The molecule has 2 heterocycles. The van der Waals surface area contributed by atoms with Gasteiger partial charge < -0.3 is 5.73 Å². The minimum atomic E-state index is 0.635. The lowest BCUT2D eigenvalue weighted by atomic mass is 10.1. The van der Waals surface area contributed by atoms with Gasteiger partial charge in [-0.1, -0.05) is 23.7 Å². The van der Waals surface area contributed by atoms with E-state index in [1.165, 1.54) is 0 Å². The van der Waals surface area contributed by atoms with Gasteiger partial charge in [-0.2, -0.15) is 0 Å². The molecule has 0 radical (unpaired) electrons. The maximum atomic E-state index is 6.23. The Hall–Kier alpha value is -1.52. The number of nitrogens with two attached hydrogens (primary N) is 1. The predicted octanol–water partition coefficient (Wildman–Crippen LogP) is 4.31. The van der Waals surface area contributed by atoms with E-state index in [0.717, 1.165) is 27.1 Å². The maximum Gasteiger partial charge on any atom is 0.139 e. The molecule has 0 amide bonds. The quantitative estimate of drug-likeness (QED) is 0.719. The molecule has 2 N–H and O–H groups in total. The van der Waals surface area contributed by atoms with Gasteiger partial charge in [0.05, 0.1) is 0 Å². The van der Waals surface area contributed by atoms with Crippen LogP contribution < -0.4 is 5.73 Å². The van der Waals surface area contributed by atoms with E-state index in [4.69, 9.17) is 17.3 Å². The zero-order valence-corrected chi connectivity index (χ0v) is 12.5. The third kappa shape index (κ3) is 2.01. The van der Waals surface area contributed by atoms with E-state index >= 15 is 0 Å². The molecule has 3 aromatic rings. The van der Waals surface area contributed by atoms with Crippen LogP contribution in [0, 0.1) is 6.92 Å². The maximum absolute atomic E-state index is 6.23. The topological polar surface area (TPSA) is 43.3 Å². The van der Waals surface area contributed by atoms with E-state index in [9.17, 15) is 0 Å². The number of hydrogen-bond acceptors (Lipinski definition) is 2. The Balaban J connectivity index is 2.28. The molecule has 0 fully saturated rings. The summed E-state index contributed by atoms with van der Waals surface area (Å²) in [6.07, 6.45) is 0. The van der Waals surface area contributed by atoms with Crippen molar-refractivity contribution in [2.24, 2.45) is 0 Å². The molecule has 0 saturated carbocycles. The normalized spacial score (nSPS) is 11.1. The molecule has 96 valence electrons. The highest BCUT2D eigenvalue weighted by atomic mass is 79.9. The number of nitrogens with zero attached hydrogens (tertiary/aromatic N) is 2. The van der Waals surface area contributed by atoms with Crippen molar-refractivity contribution in [2.75, 3.05) is 5.73 Å². The van der Waals surface area contributed by atoms with Gasteiger partial charge in [0.1, 0.15) is 17.2 Å².